The molecule has 0 saturated carbocycles. The Bertz CT molecular complexity index is 745. The smallest absolute Gasteiger partial charge is 0.254 e. The van der Waals surface area contributed by atoms with E-state index in [0.29, 0.717) is 17.2 Å². The summed E-state index contributed by atoms with van der Waals surface area (Å²) < 4.78 is 3.43. The van der Waals surface area contributed by atoms with Crippen molar-refractivity contribution in [3.8, 4) is 0 Å². The minimum atomic E-state index is -0.189. The van der Waals surface area contributed by atoms with Crippen LogP contribution in [0.15, 0.2) is 30.9 Å². The Morgan fingerprint density at radius 3 is 3.10 bits per heavy atom. The number of hydrogen-bond donors (Lipinski definition) is 1. The van der Waals surface area contributed by atoms with Crippen LogP contribution >= 0.6 is 0 Å². The number of carbonyl (C=O) groups is 1. The quantitative estimate of drug-likeness (QED) is 0.735. The summed E-state index contributed by atoms with van der Waals surface area (Å²) in [5, 5.41) is 14.8. The Morgan fingerprint density at radius 2 is 2.30 bits per heavy atom. The lowest BCUT2D eigenvalue weighted by atomic mass is 10.3. The molecule has 0 bridgehead atoms. The van der Waals surface area contributed by atoms with Crippen LogP contribution < -0.4 is 5.32 Å². The first-order chi connectivity index (χ1) is 9.78. The molecule has 8 nitrogen and oxygen atoms in total. The first kappa shape index (κ1) is 12.3. The van der Waals surface area contributed by atoms with Gasteiger partial charge in [-0.25, -0.2) is 4.98 Å². The van der Waals surface area contributed by atoms with Gasteiger partial charge in [-0.05, 0) is 13.0 Å². The molecule has 0 aliphatic rings. The van der Waals surface area contributed by atoms with E-state index >= 15 is 0 Å². The molecule has 3 heterocycles. The van der Waals surface area contributed by atoms with Crippen LogP contribution in [0.1, 0.15) is 23.1 Å². The lowest BCUT2D eigenvalue weighted by molar-refractivity contribution is 0.0949. The molecule has 0 atom stereocenters. The molecule has 0 saturated heterocycles. The minimum Gasteiger partial charge on any atom is -0.345 e. The lowest BCUT2D eigenvalue weighted by Gasteiger charge is -2.01. The number of rotatable bonds is 4. The fraction of sp³-hybridized carbons (Fsp3) is 0.250. The largest absolute Gasteiger partial charge is 0.345 e. The summed E-state index contributed by atoms with van der Waals surface area (Å²) in [5.41, 5.74) is 0.527. The average molecular weight is 271 g/mol. The fourth-order valence-electron chi connectivity index (χ4n) is 1.82. The highest BCUT2D eigenvalue weighted by Crippen LogP contribution is 2.01. The molecule has 0 spiro atoms. The average Bonchev–Trinajstić information content (AvgIpc) is 3.11. The van der Waals surface area contributed by atoms with E-state index in [1.165, 1.54) is 0 Å². The summed E-state index contributed by atoms with van der Waals surface area (Å²) in [4.78, 5) is 16.0. The molecule has 0 aliphatic heterocycles. The van der Waals surface area contributed by atoms with Crippen molar-refractivity contribution >= 4 is 11.7 Å². The van der Waals surface area contributed by atoms with Crippen LogP contribution in [0.2, 0.25) is 0 Å². The second-order valence-corrected chi connectivity index (χ2v) is 4.17. The summed E-state index contributed by atoms with van der Waals surface area (Å²) in [6.07, 6.45) is 6.70. The highest BCUT2D eigenvalue weighted by Gasteiger charge is 2.10. The van der Waals surface area contributed by atoms with Crippen molar-refractivity contribution in [2.75, 3.05) is 0 Å². The molecular weight excluding hydrogens is 258 g/mol. The number of amides is 1. The first-order valence-corrected chi connectivity index (χ1v) is 6.23. The minimum absolute atomic E-state index is 0.189. The van der Waals surface area contributed by atoms with Gasteiger partial charge in [-0.3, -0.25) is 13.9 Å². The van der Waals surface area contributed by atoms with Crippen molar-refractivity contribution in [2.24, 2.45) is 0 Å². The van der Waals surface area contributed by atoms with E-state index in [1.54, 1.807) is 39.9 Å². The predicted octanol–water partition coefficient (Wildman–Crippen LogP) is 0.271. The van der Waals surface area contributed by atoms with Crippen molar-refractivity contribution in [1.82, 2.24) is 34.7 Å². The van der Waals surface area contributed by atoms with Gasteiger partial charge in [0.05, 0.1) is 18.3 Å². The Kier molecular flexibility index (Phi) is 3.12. The van der Waals surface area contributed by atoms with Crippen molar-refractivity contribution in [2.45, 2.75) is 20.0 Å². The van der Waals surface area contributed by atoms with E-state index in [2.05, 4.69) is 25.6 Å². The number of fused-ring (bicyclic) bond motifs is 1. The zero-order valence-electron chi connectivity index (χ0n) is 10.9. The van der Waals surface area contributed by atoms with Gasteiger partial charge in [0.2, 0.25) is 0 Å². The van der Waals surface area contributed by atoms with Crippen molar-refractivity contribution in [3.63, 3.8) is 0 Å². The second-order valence-electron chi connectivity index (χ2n) is 4.17. The van der Waals surface area contributed by atoms with E-state index in [-0.39, 0.29) is 12.5 Å². The normalized spacial score (nSPS) is 10.8. The number of aromatic nitrogens is 6. The number of aryl methyl sites for hydroxylation is 1. The van der Waals surface area contributed by atoms with Crippen LogP contribution in [0.25, 0.3) is 5.78 Å². The summed E-state index contributed by atoms with van der Waals surface area (Å²) >= 11 is 0. The van der Waals surface area contributed by atoms with Gasteiger partial charge >= 0.3 is 0 Å². The van der Waals surface area contributed by atoms with Crippen LogP contribution in [-0.4, -0.2) is 35.3 Å². The summed E-state index contributed by atoms with van der Waals surface area (Å²) in [6, 6.07) is 1.78. The molecule has 0 aromatic carbocycles. The maximum Gasteiger partial charge on any atom is 0.254 e. The van der Waals surface area contributed by atoms with E-state index in [1.807, 2.05) is 6.92 Å². The third-order valence-electron chi connectivity index (χ3n) is 2.89. The summed E-state index contributed by atoms with van der Waals surface area (Å²) in [5.74, 6) is 0.949. The molecule has 0 unspecified atom stereocenters. The van der Waals surface area contributed by atoms with Gasteiger partial charge in [0, 0.05) is 25.1 Å². The van der Waals surface area contributed by atoms with Crippen molar-refractivity contribution in [3.05, 3.63) is 42.2 Å². The van der Waals surface area contributed by atoms with Crippen LogP contribution in [0.5, 0.6) is 0 Å². The standard InChI is InChI=1S/C12H13N7O/c1-2-18-8-9(6-15-18)11(20)14-7-10-16-17-12-13-4-3-5-19(10)12/h3-6,8H,2,7H2,1H3,(H,14,20). The maximum atomic E-state index is 12.0. The van der Waals surface area contributed by atoms with Crippen LogP contribution in [0.3, 0.4) is 0 Å². The van der Waals surface area contributed by atoms with Gasteiger partial charge < -0.3 is 5.32 Å². The molecule has 3 rings (SSSR count). The molecule has 0 fully saturated rings. The number of nitrogens with zero attached hydrogens (tertiary/aromatic N) is 6. The van der Waals surface area contributed by atoms with E-state index in [0.717, 1.165) is 6.54 Å². The number of nitrogens with one attached hydrogen (secondary N) is 1. The van der Waals surface area contributed by atoms with Crippen molar-refractivity contribution < 1.29 is 4.79 Å². The number of hydrogen-bond acceptors (Lipinski definition) is 5. The van der Waals surface area contributed by atoms with Crippen LogP contribution in [0, 0.1) is 0 Å². The first-order valence-electron chi connectivity index (χ1n) is 6.23. The monoisotopic (exact) mass is 271 g/mol. The molecule has 20 heavy (non-hydrogen) atoms. The maximum absolute atomic E-state index is 12.0. The third kappa shape index (κ3) is 2.22. The van der Waals surface area contributed by atoms with Gasteiger partial charge in [-0.15, -0.1) is 10.2 Å². The molecule has 102 valence electrons. The fourth-order valence-corrected chi connectivity index (χ4v) is 1.82. The molecular formula is C12H13N7O. The van der Waals surface area contributed by atoms with Gasteiger partial charge in [-0.2, -0.15) is 5.10 Å². The molecule has 8 heteroatoms. The van der Waals surface area contributed by atoms with Gasteiger partial charge in [0.1, 0.15) is 0 Å². The third-order valence-corrected chi connectivity index (χ3v) is 2.89. The summed E-state index contributed by atoms with van der Waals surface area (Å²) in [7, 11) is 0. The Labute approximate surface area is 114 Å². The number of carbonyl (C=O) groups excluding carboxylic acids is 1. The van der Waals surface area contributed by atoms with E-state index in [4.69, 9.17) is 0 Å². The summed E-state index contributed by atoms with van der Waals surface area (Å²) in [6.45, 7) is 2.97. The van der Waals surface area contributed by atoms with Gasteiger partial charge in [-0.1, -0.05) is 0 Å². The molecule has 1 amide bonds. The molecule has 0 aliphatic carbocycles. The zero-order valence-corrected chi connectivity index (χ0v) is 10.9. The van der Waals surface area contributed by atoms with Gasteiger partial charge in [0.15, 0.2) is 5.82 Å². The SMILES string of the molecule is CCn1cc(C(=O)NCc2nnc3ncccn23)cn1. The Balaban J connectivity index is 1.71. The van der Waals surface area contributed by atoms with Crippen LogP contribution in [0.4, 0.5) is 0 Å². The lowest BCUT2D eigenvalue weighted by Crippen LogP contribution is -2.23. The predicted molar refractivity (Wildman–Crippen MR) is 69.9 cm³/mol. The van der Waals surface area contributed by atoms with E-state index in [9.17, 15) is 4.79 Å². The highest BCUT2D eigenvalue weighted by molar-refractivity contribution is 5.93. The zero-order chi connectivity index (χ0) is 13.9. The van der Waals surface area contributed by atoms with Crippen LogP contribution in [-0.2, 0) is 13.1 Å². The molecule has 1 N–H and O–H groups in total. The Hall–Kier alpha value is -2.77. The van der Waals surface area contributed by atoms with E-state index < -0.39 is 0 Å². The highest BCUT2D eigenvalue weighted by atomic mass is 16.1. The van der Waals surface area contributed by atoms with Gasteiger partial charge in [0.25, 0.3) is 11.7 Å². The molecule has 3 aromatic rings. The topological polar surface area (TPSA) is 90.0 Å². The second kappa shape index (κ2) is 5.08. The molecule has 3 aromatic heterocycles. The Morgan fingerprint density at radius 1 is 1.40 bits per heavy atom. The van der Waals surface area contributed by atoms with Crippen molar-refractivity contribution in [1.29, 1.82) is 0 Å². The molecule has 0 radical (unpaired) electrons.